The van der Waals surface area contributed by atoms with Gasteiger partial charge in [0.25, 0.3) is 0 Å². The number of hydrogen-bond acceptors (Lipinski definition) is 6. The number of fused-ring (bicyclic) bond motifs is 2. The maximum absolute atomic E-state index is 12.6. The van der Waals surface area contributed by atoms with E-state index in [9.17, 15) is 24.9 Å². The summed E-state index contributed by atoms with van der Waals surface area (Å²) in [6, 6.07) is 5.29. The maximum Gasteiger partial charge on any atom is 0.201 e. The Bertz CT molecular complexity index is 822. The molecule has 0 saturated heterocycles. The first-order chi connectivity index (χ1) is 10.5. The Kier molecular flexibility index (Phi) is 3.11. The van der Waals surface area contributed by atoms with Crippen LogP contribution in [0.25, 0.3) is 0 Å². The molecule has 6 heteroatoms. The van der Waals surface area contributed by atoms with Crippen LogP contribution in [-0.2, 0) is 11.3 Å². The van der Waals surface area contributed by atoms with Crippen LogP contribution in [0.5, 0.6) is 17.2 Å². The van der Waals surface area contributed by atoms with Crippen molar-refractivity contribution < 1.29 is 29.6 Å². The van der Waals surface area contributed by atoms with Gasteiger partial charge in [-0.3, -0.25) is 9.59 Å². The van der Waals surface area contributed by atoms with Crippen molar-refractivity contribution in [3.05, 3.63) is 52.1 Å². The third kappa shape index (κ3) is 1.78. The first-order valence-corrected chi connectivity index (χ1v) is 6.45. The van der Waals surface area contributed by atoms with E-state index in [1.165, 1.54) is 25.3 Å². The normalized spacial score (nSPS) is 13.0. The molecule has 0 heterocycles. The Morgan fingerprint density at radius 1 is 0.955 bits per heavy atom. The van der Waals surface area contributed by atoms with E-state index in [2.05, 4.69) is 0 Å². The molecule has 3 N–H and O–H groups in total. The lowest BCUT2D eigenvalue weighted by Crippen LogP contribution is -2.21. The summed E-state index contributed by atoms with van der Waals surface area (Å²) in [4.78, 5) is 25.0. The van der Waals surface area contributed by atoms with E-state index in [0.717, 1.165) is 6.07 Å². The molecule has 2 aromatic rings. The lowest BCUT2D eigenvalue weighted by Gasteiger charge is -2.21. The number of carbonyl (C=O) groups excluding carboxylic acids is 2. The Morgan fingerprint density at radius 3 is 2.36 bits per heavy atom. The molecule has 0 saturated carbocycles. The molecular weight excluding hydrogens is 288 g/mol. The van der Waals surface area contributed by atoms with E-state index < -0.39 is 17.3 Å². The van der Waals surface area contributed by atoms with Gasteiger partial charge in [-0.05, 0) is 12.1 Å². The average Bonchev–Trinajstić information content (AvgIpc) is 2.48. The highest BCUT2D eigenvalue weighted by Gasteiger charge is 2.36. The smallest absolute Gasteiger partial charge is 0.201 e. The van der Waals surface area contributed by atoms with E-state index in [4.69, 9.17) is 4.74 Å². The first-order valence-electron chi connectivity index (χ1n) is 6.45. The Labute approximate surface area is 125 Å². The number of benzene rings is 2. The molecule has 0 amide bonds. The lowest BCUT2D eigenvalue weighted by atomic mass is 9.82. The zero-order valence-electron chi connectivity index (χ0n) is 11.6. The second-order valence-electron chi connectivity index (χ2n) is 4.94. The summed E-state index contributed by atoms with van der Waals surface area (Å²) < 4.78 is 4.87. The molecule has 2 aromatic carbocycles. The van der Waals surface area contributed by atoms with Crippen molar-refractivity contribution in [2.75, 3.05) is 7.11 Å². The van der Waals surface area contributed by atoms with E-state index in [0.29, 0.717) is 0 Å². The van der Waals surface area contributed by atoms with Crippen molar-refractivity contribution in [3.8, 4) is 17.2 Å². The Hall–Kier alpha value is -2.86. The molecule has 112 valence electrons. The second-order valence-corrected chi connectivity index (χ2v) is 4.94. The minimum absolute atomic E-state index is 0.0151. The Morgan fingerprint density at radius 2 is 1.68 bits per heavy atom. The van der Waals surface area contributed by atoms with Gasteiger partial charge < -0.3 is 20.1 Å². The van der Waals surface area contributed by atoms with Gasteiger partial charge in [-0.1, -0.05) is 12.1 Å². The summed E-state index contributed by atoms with van der Waals surface area (Å²) in [5.74, 6) is -2.39. The quantitative estimate of drug-likeness (QED) is 0.666. The number of ether oxygens (including phenoxy) is 1. The predicted octanol–water partition coefficient (Wildman–Crippen LogP) is 1.73. The van der Waals surface area contributed by atoms with Crippen LogP contribution >= 0.6 is 0 Å². The zero-order chi connectivity index (χ0) is 16.0. The molecule has 0 aromatic heterocycles. The molecule has 0 bridgehead atoms. The van der Waals surface area contributed by atoms with E-state index in [1.54, 1.807) is 0 Å². The molecule has 0 spiro atoms. The number of phenolic OH excluding ortho intramolecular Hbond substituents is 3. The topological polar surface area (TPSA) is 104 Å². The molecule has 0 radical (unpaired) electrons. The van der Waals surface area contributed by atoms with Crippen molar-refractivity contribution in [2.24, 2.45) is 0 Å². The fraction of sp³-hybridized carbons (Fsp3) is 0.125. The number of carbonyl (C=O) groups is 2. The Balaban J connectivity index is 2.33. The van der Waals surface area contributed by atoms with Gasteiger partial charge in [0, 0.05) is 18.2 Å². The van der Waals surface area contributed by atoms with Gasteiger partial charge in [0.2, 0.25) is 5.78 Å². The van der Waals surface area contributed by atoms with Gasteiger partial charge in [0.15, 0.2) is 5.78 Å². The van der Waals surface area contributed by atoms with Crippen LogP contribution in [0.1, 0.15) is 37.4 Å². The molecule has 0 atom stereocenters. The number of ketones is 2. The van der Waals surface area contributed by atoms with Gasteiger partial charge in [0.1, 0.15) is 17.2 Å². The van der Waals surface area contributed by atoms with Crippen molar-refractivity contribution in [3.63, 3.8) is 0 Å². The number of rotatable bonds is 2. The zero-order valence-corrected chi connectivity index (χ0v) is 11.6. The van der Waals surface area contributed by atoms with Crippen LogP contribution in [-0.4, -0.2) is 34.0 Å². The number of hydrogen-bond donors (Lipinski definition) is 3. The van der Waals surface area contributed by atoms with Gasteiger partial charge in [-0.25, -0.2) is 0 Å². The molecule has 0 fully saturated rings. The summed E-state index contributed by atoms with van der Waals surface area (Å²) in [5, 5.41) is 30.0. The maximum atomic E-state index is 12.6. The fourth-order valence-electron chi connectivity index (χ4n) is 2.63. The standard InChI is InChI=1S/C16H12O6/c1-22-6-9-11(18)5-8-13(15(9)20)16(21)12-7(14(8)19)3-2-4-10(12)17/h2-5,17-18,20H,6H2,1H3. The fourth-order valence-corrected chi connectivity index (χ4v) is 2.63. The third-order valence-electron chi connectivity index (χ3n) is 3.66. The van der Waals surface area contributed by atoms with Crippen LogP contribution in [0.15, 0.2) is 24.3 Å². The van der Waals surface area contributed by atoms with Gasteiger partial charge in [-0.2, -0.15) is 0 Å². The number of methoxy groups -OCH3 is 1. The molecule has 6 nitrogen and oxygen atoms in total. The predicted molar refractivity (Wildman–Crippen MR) is 75.5 cm³/mol. The largest absolute Gasteiger partial charge is 0.507 e. The van der Waals surface area contributed by atoms with Crippen LogP contribution < -0.4 is 0 Å². The molecule has 22 heavy (non-hydrogen) atoms. The van der Waals surface area contributed by atoms with E-state index in [-0.39, 0.29) is 45.9 Å². The third-order valence-corrected chi connectivity index (χ3v) is 3.66. The van der Waals surface area contributed by atoms with Crippen molar-refractivity contribution in [1.82, 2.24) is 0 Å². The molecule has 0 aliphatic heterocycles. The highest BCUT2D eigenvalue weighted by Crippen LogP contribution is 2.41. The van der Waals surface area contributed by atoms with Crippen LogP contribution in [0.4, 0.5) is 0 Å². The van der Waals surface area contributed by atoms with Gasteiger partial charge in [0.05, 0.1) is 23.3 Å². The number of aromatic hydroxyl groups is 3. The van der Waals surface area contributed by atoms with Crippen molar-refractivity contribution >= 4 is 11.6 Å². The molecule has 3 rings (SSSR count). The van der Waals surface area contributed by atoms with Crippen molar-refractivity contribution in [1.29, 1.82) is 0 Å². The summed E-state index contributed by atoms with van der Waals surface area (Å²) >= 11 is 0. The van der Waals surface area contributed by atoms with Gasteiger partial charge in [-0.15, -0.1) is 0 Å². The molecule has 1 aliphatic rings. The summed E-state index contributed by atoms with van der Waals surface area (Å²) in [6.07, 6.45) is 0. The van der Waals surface area contributed by atoms with Crippen LogP contribution in [0.2, 0.25) is 0 Å². The lowest BCUT2D eigenvalue weighted by molar-refractivity contribution is 0.0973. The molecular formula is C16H12O6. The summed E-state index contributed by atoms with van der Waals surface area (Å²) in [5.41, 5.74) is -0.428. The monoisotopic (exact) mass is 300 g/mol. The summed E-state index contributed by atoms with van der Waals surface area (Å²) in [7, 11) is 1.37. The first kappa shape index (κ1) is 14.1. The van der Waals surface area contributed by atoms with Crippen molar-refractivity contribution in [2.45, 2.75) is 6.61 Å². The molecule has 1 aliphatic carbocycles. The minimum Gasteiger partial charge on any atom is -0.507 e. The van der Waals surface area contributed by atoms with E-state index in [1.807, 2.05) is 0 Å². The summed E-state index contributed by atoms with van der Waals surface area (Å²) in [6.45, 7) is -0.125. The average molecular weight is 300 g/mol. The molecule has 0 unspecified atom stereocenters. The second kappa shape index (κ2) is 4.85. The minimum atomic E-state index is -0.669. The SMILES string of the molecule is COCc1c(O)cc2c(c1O)C(=O)c1c(O)cccc1C2=O. The highest BCUT2D eigenvalue weighted by atomic mass is 16.5. The highest BCUT2D eigenvalue weighted by molar-refractivity contribution is 6.30. The van der Waals surface area contributed by atoms with Crippen LogP contribution in [0.3, 0.4) is 0 Å². The van der Waals surface area contributed by atoms with E-state index >= 15 is 0 Å². The van der Waals surface area contributed by atoms with Crippen LogP contribution in [0, 0.1) is 0 Å². The van der Waals surface area contributed by atoms with Gasteiger partial charge >= 0.3 is 0 Å². The number of phenols is 3.